The molecule has 0 saturated heterocycles. The molecule has 4 rings (SSSR count). The van der Waals surface area contributed by atoms with Gasteiger partial charge in [-0.2, -0.15) is 0 Å². The molecule has 0 radical (unpaired) electrons. The number of nitrogens with zero attached hydrogens (tertiary/aromatic N) is 2. The fourth-order valence-corrected chi connectivity index (χ4v) is 6.64. The van der Waals surface area contributed by atoms with Crippen LogP contribution in [-0.4, -0.2) is 50.9 Å². The molecule has 2 amide bonds. The molecule has 8 nitrogen and oxygen atoms in total. The summed E-state index contributed by atoms with van der Waals surface area (Å²) in [5.41, 5.74) is 2.50. The first kappa shape index (κ1) is 34.8. The van der Waals surface area contributed by atoms with Crippen molar-refractivity contribution in [2.45, 2.75) is 50.7 Å². The number of aryl methyl sites for hydroxylation is 1. The Morgan fingerprint density at radius 1 is 0.848 bits per heavy atom. The summed E-state index contributed by atoms with van der Waals surface area (Å²) in [6, 6.07) is 26.0. The molecular weight excluding hydrogens is 645 g/mol. The number of halogens is 2. The van der Waals surface area contributed by atoms with Gasteiger partial charge in [-0.1, -0.05) is 83.4 Å². The molecule has 0 fully saturated rings. The van der Waals surface area contributed by atoms with Crippen LogP contribution in [0, 0.1) is 6.92 Å². The predicted octanol–water partition coefficient (Wildman–Crippen LogP) is 6.67. The van der Waals surface area contributed by atoms with Crippen LogP contribution in [0.4, 0.5) is 5.69 Å². The normalized spacial score (nSPS) is 12.0. The number of hydrogen-bond donors (Lipinski definition) is 1. The summed E-state index contributed by atoms with van der Waals surface area (Å²) < 4.78 is 35.1. The average molecular weight is 683 g/mol. The number of ether oxygens (including phenoxy) is 1. The SMILES string of the molecule is COc1ccc(Cl)cc1N(CC(=O)N(Cc1ccc(Cl)cc1)[C@H](Cc1ccccc1)C(=O)NC(C)C)S(=O)(=O)c1ccc(C)cc1. The van der Waals surface area contributed by atoms with E-state index in [0.29, 0.717) is 10.6 Å². The van der Waals surface area contributed by atoms with Gasteiger partial charge in [0.05, 0.1) is 17.7 Å². The third-order valence-corrected chi connectivity index (χ3v) is 9.53. The highest BCUT2D eigenvalue weighted by molar-refractivity contribution is 7.92. The van der Waals surface area contributed by atoms with Crippen molar-refractivity contribution < 1.29 is 22.7 Å². The molecule has 4 aromatic rings. The van der Waals surface area contributed by atoms with Crippen LogP contribution < -0.4 is 14.4 Å². The number of carbonyl (C=O) groups is 2. The Kier molecular flexibility index (Phi) is 11.7. The summed E-state index contributed by atoms with van der Waals surface area (Å²) in [5, 5.41) is 3.71. The predicted molar refractivity (Wildman–Crippen MR) is 183 cm³/mol. The summed E-state index contributed by atoms with van der Waals surface area (Å²) in [6.45, 7) is 4.90. The van der Waals surface area contributed by atoms with E-state index in [4.69, 9.17) is 27.9 Å². The molecule has 0 aliphatic heterocycles. The molecular formula is C35H37Cl2N3O5S. The van der Waals surface area contributed by atoms with Gasteiger partial charge >= 0.3 is 0 Å². The summed E-state index contributed by atoms with van der Waals surface area (Å²) >= 11 is 12.5. The number of carbonyl (C=O) groups excluding carboxylic acids is 2. The zero-order valence-electron chi connectivity index (χ0n) is 26.1. The number of sulfonamides is 1. The lowest BCUT2D eigenvalue weighted by Gasteiger charge is -2.34. The van der Waals surface area contributed by atoms with Gasteiger partial charge in [0.1, 0.15) is 18.3 Å². The Labute approximate surface area is 280 Å². The molecule has 0 aromatic heterocycles. The molecule has 46 heavy (non-hydrogen) atoms. The van der Waals surface area contributed by atoms with Gasteiger partial charge in [0.2, 0.25) is 11.8 Å². The number of hydrogen-bond acceptors (Lipinski definition) is 5. The van der Waals surface area contributed by atoms with Crippen molar-refractivity contribution in [1.82, 2.24) is 10.2 Å². The lowest BCUT2D eigenvalue weighted by molar-refractivity contribution is -0.140. The van der Waals surface area contributed by atoms with E-state index in [2.05, 4.69) is 5.32 Å². The number of rotatable bonds is 13. The minimum absolute atomic E-state index is 0.0180. The Morgan fingerprint density at radius 2 is 1.48 bits per heavy atom. The van der Waals surface area contributed by atoms with Gasteiger partial charge in [-0.05, 0) is 74.4 Å². The van der Waals surface area contributed by atoms with Gasteiger partial charge in [-0.25, -0.2) is 8.42 Å². The molecule has 0 saturated carbocycles. The molecule has 0 heterocycles. The first-order valence-corrected chi connectivity index (χ1v) is 16.9. The van der Waals surface area contributed by atoms with Gasteiger partial charge in [-0.3, -0.25) is 13.9 Å². The second-order valence-electron chi connectivity index (χ2n) is 11.2. The zero-order chi connectivity index (χ0) is 33.4. The Morgan fingerprint density at radius 3 is 2.09 bits per heavy atom. The molecule has 0 spiro atoms. The topological polar surface area (TPSA) is 96.0 Å². The Bertz CT molecular complexity index is 1750. The Hall–Kier alpha value is -4.05. The summed E-state index contributed by atoms with van der Waals surface area (Å²) in [7, 11) is -2.91. The highest BCUT2D eigenvalue weighted by Gasteiger charge is 2.36. The number of benzene rings is 4. The van der Waals surface area contributed by atoms with E-state index in [0.717, 1.165) is 15.4 Å². The van der Waals surface area contributed by atoms with E-state index in [1.54, 1.807) is 48.5 Å². The van der Waals surface area contributed by atoms with Crippen molar-refractivity contribution in [3.63, 3.8) is 0 Å². The van der Waals surface area contributed by atoms with Crippen LogP contribution in [0.1, 0.15) is 30.5 Å². The molecule has 242 valence electrons. The maximum atomic E-state index is 14.6. The monoisotopic (exact) mass is 681 g/mol. The van der Waals surface area contributed by atoms with E-state index < -0.39 is 28.5 Å². The van der Waals surface area contributed by atoms with Crippen LogP contribution in [0.25, 0.3) is 0 Å². The van der Waals surface area contributed by atoms with Crippen LogP contribution in [0.2, 0.25) is 10.0 Å². The average Bonchev–Trinajstić information content (AvgIpc) is 3.02. The van der Waals surface area contributed by atoms with Crippen molar-refractivity contribution in [2.24, 2.45) is 0 Å². The fraction of sp³-hybridized carbons (Fsp3) is 0.257. The van der Waals surface area contributed by atoms with E-state index in [9.17, 15) is 18.0 Å². The van der Waals surface area contributed by atoms with Gasteiger partial charge in [0, 0.05) is 29.1 Å². The molecule has 0 unspecified atom stereocenters. The Balaban J connectivity index is 1.85. The molecule has 1 N–H and O–H groups in total. The highest BCUT2D eigenvalue weighted by atomic mass is 35.5. The number of methoxy groups -OCH3 is 1. The van der Waals surface area contributed by atoms with Crippen molar-refractivity contribution in [3.05, 3.63) is 124 Å². The van der Waals surface area contributed by atoms with E-state index in [1.807, 2.05) is 51.1 Å². The molecule has 0 aliphatic rings. The van der Waals surface area contributed by atoms with Crippen LogP contribution in [0.5, 0.6) is 5.75 Å². The fourth-order valence-electron chi connectivity index (χ4n) is 4.93. The van der Waals surface area contributed by atoms with Gasteiger partial charge in [0.25, 0.3) is 10.0 Å². The lowest BCUT2D eigenvalue weighted by atomic mass is 10.0. The van der Waals surface area contributed by atoms with E-state index >= 15 is 0 Å². The van der Waals surface area contributed by atoms with E-state index in [-0.39, 0.29) is 46.3 Å². The minimum Gasteiger partial charge on any atom is -0.495 e. The third-order valence-electron chi connectivity index (χ3n) is 7.27. The van der Waals surface area contributed by atoms with Gasteiger partial charge in [-0.15, -0.1) is 0 Å². The third kappa shape index (κ3) is 8.81. The first-order chi connectivity index (χ1) is 21.9. The quantitative estimate of drug-likeness (QED) is 0.170. The zero-order valence-corrected chi connectivity index (χ0v) is 28.4. The highest BCUT2D eigenvalue weighted by Crippen LogP contribution is 2.35. The maximum Gasteiger partial charge on any atom is 0.264 e. The van der Waals surface area contributed by atoms with Crippen LogP contribution >= 0.6 is 23.2 Å². The molecule has 4 aromatic carbocycles. The standard InChI is InChI=1S/C35H37Cl2N3O5S/c1-24(2)38-35(42)32(20-26-8-6-5-7-9-26)39(22-27-12-14-28(36)15-13-27)34(41)23-40(31-21-29(37)16-19-33(31)45-4)46(43,44)30-17-10-25(3)11-18-30/h5-19,21,24,32H,20,22-23H2,1-4H3,(H,38,42)/t32-/m1/s1. The summed E-state index contributed by atoms with van der Waals surface area (Å²) in [5.74, 6) is -0.766. The van der Waals surface area contributed by atoms with Crippen LogP contribution in [0.3, 0.4) is 0 Å². The molecule has 1 atom stereocenters. The second-order valence-corrected chi connectivity index (χ2v) is 13.9. The molecule has 11 heteroatoms. The van der Waals surface area contributed by atoms with E-state index in [1.165, 1.54) is 30.2 Å². The lowest BCUT2D eigenvalue weighted by Crippen LogP contribution is -2.54. The number of amides is 2. The van der Waals surface area contributed by atoms with Crippen molar-refractivity contribution in [2.75, 3.05) is 18.0 Å². The first-order valence-electron chi connectivity index (χ1n) is 14.7. The number of anilines is 1. The molecule has 0 aliphatic carbocycles. The van der Waals surface area contributed by atoms with Crippen LogP contribution in [0.15, 0.2) is 102 Å². The smallest absolute Gasteiger partial charge is 0.264 e. The second kappa shape index (κ2) is 15.5. The minimum atomic E-state index is -4.32. The summed E-state index contributed by atoms with van der Waals surface area (Å²) in [4.78, 5) is 29.8. The maximum absolute atomic E-state index is 14.6. The van der Waals surface area contributed by atoms with Crippen molar-refractivity contribution in [1.29, 1.82) is 0 Å². The summed E-state index contributed by atoms with van der Waals surface area (Å²) in [6.07, 6.45) is 0.198. The van der Waals surface area contributed by atoms with Crippen molar-refractivity contribution in [3.8, 4) is 5.75 Å². The van der Waals surface area contributed by atoms with Crippen molar-refractivity contribution >= 4 is 50.7 Å². The molecule has 0 bridgehead atoms. The van der Waals surface area contributed by atoms with Gasteiger partial charge in [0.15, 0.2) is 0 Å². The van der Waals surface area contributed by atoms with Crippen LogP contribution in [-0.2, 0) is 32.6 Å². The largest absolute Gasteiger partial charge is 0.495 e. The number of nitrogens with one attached hydrogen (secondary N) is 1. The van der Waals surface area contributed by atoms with Gasteiger partial charge < -0.3 is 15.0 Å².